The molecule has 0 saturated heterocycles. The summed E-state index contributed by atoms with van der Waals surface area (Å²) in [5.74, 6) is 0. The van der Waals surface area contributed by atoms with Crippen molar-refractivity contribution in [3.63, 3.8) is 0 Å². The van der Waals surface area contributed by atoms with Gasteiger partial charge in [-0.3, -0.25) is 5.32 Å². The number of thiazole rings is 1. The fraction of sp³-hybridized carbons (Fsp3) is 0.286. The van der Waals surface area contributed by atoms with E-state index < -0.39 is 16.1 Å². The molecule has 9 heteroatoms. The molecule has 1 aromatic carbocycles. The van der Waals surface area contributed by atoms with Gasteiger partial charge in [0.1, 0.15) is 0 Å². The average molecular weight is 353 g/mol. The third-order valence-electron chi connectivity index (χ3n) is 3.47. The predicted octanol–water partition coefficient (Wildman–Crippen LogP) is 2.07. The molecular weight excluding hydrogens is 338 g/mol. The molecule has 0 aliphatic carbocycles. The lowest BCUT2D eigenvalue weighted by Crippen LogP contribution is -2.35. The molecule has 122 valence electrons. The Kier molecular flexibility index (Phi) is 4.33. The highest BCUT2D eigenvalue weighted by atomic mass is 32.2. The van der Waals surface area contributed by atoms with Gasteiger partial charge in [-0.05, 0) is 12.1 Å². The fourth-order valence-corrected chi connectivity index (χ4v) is 4.83. The summed E-state index contributed by atoms with van der Waals surface area (Å²) in [5.41, 5.74) is 0.820. The lowest BCUT2D eigenvalue weighted by Gasteiger charge is -2.25. The summed E-state index contributed by atoms with van der Waals surface area (Å²) in [4.78, 5) is 16.7. The van der Waals surface area contributed by atoms with E-state index in [1.54, 1.807) is 30.3 Å². The number of fused-ring (bicyclic) bond motifs is 1. The van der Waals surface area contributed by atoms with Crippen LogP contribution < -0.4 is 5.32 Å². The quantitative estimate of drug-likeness (QED) is 0.912. The number of sulfonamides is 1. The highest BCUT2D eigenvalue weighted by molar-refractivity contribution is 7.89. The van der Waals surface area contributed by atoms with Crippen LogP contribution in [0, 0.1) is 0 Å². The van der Waals surface area contributed by atoms with E-state index in [1.807, 2.05) is 0 Å². The Morgan fingerprint density at radius 2 is 2.09 bits per heavy atom. The number of rotatable bonds is 3. The van der Waals surface area contributed by atoms with Crippen LogP contribution in [0.2, 0.25) is 0 Å². The second kappa shape index (κ2) is 6.26. The zero-order valence-electron chi connectivity index (χ0n) is 12.4. The number of benzene rings is 1. The van der Waals surface area contributed by atoms with Crippen molar-refractivity contribution in [1.82, 2.24) is 9.29 Å². The maximum absolute atomic E-state index is 12.6. The summed E-state index contributed by atoms with van der Waals surface area (Å²) >= 11 is 1.26. The van der Waals surface area contributed by atoms with Gasteiger partial charge in [-0.25, -0.2) is 18.2 Å². The molecule has 2 aromatic rings. The molecule has 0 saturated carbocycles. The van der Waals surface area contributed by atoms with Crippen molar-refractivity contribution in [3.8, 4) is 0 Å². The monoisotopic (exact) mass is 353 g/mol. The number of aromatic nitrogens is 1. The SMILES string of the molecule is COC(=O)Nc1nc2c(s1)CN(S(=O)(=O)c1ccccc1)CC2. The van der Waals surface area contributed by atoms with Gasteiger partial charge in [0.15, 0.2) is 5.13 Å². The summed E-state index contributed by atoms with van der Waals surface area (Å²) in [7, 11) is -2.25. The topological polar surface area (TPSA) is 88.6 Å². The smallest absolute Gasteiger partial charge is 0.413 e. The van der Waals surface area contributed by atoms with Crippen molar-refractivity contribution >= 4 is 32.6 Å². The van der Waals surface area contributed by atoms with E-state index >= 15 is 0 Å². The fourth-order valence-electron chi connectivity index (χ4n) is 2.31. The molecule has 23 heavy (non-hydrogen) atoms. The Bertz CT molecular complexity index is 818. The van der Waals surface area contributed by atoms with Gasteiger partial charge in [0, 0.05) is 17.8 Å². The first-order valence-corrected chi connectivity index (χ1v) is 9.15. The number of carbonyl (C=O) groups excluding carboxylic acids is 1. The molecule has 7 nitrogen and oxygen atoms in total. The molecular formula is C14H15N3O4S2. The Hall–Kier alpha value is -1.97. The van der Waals surface area contributed by atoms with Crippen molar-refractivity contribution < 1.29 is 17.9 Å². The van der Waals surface area contributed by atoms with Gasteiger partial charge in [0.05, 0.1) is 24.2 Å². The number of hydrogen-bond acceptors (Lipinski definition) is 6. The van der Waals surface area contributed by atoms with E-state index in [0.717, 1.165) is 10.6 Å². The van der Waals surface area contributed by atoms with E-state index in [1.165, 1.54) is 22.8 Å². The van der Waals surface area contributed by atoms with Crippen LogP contribution in [-0.4, -0.2) is 37.5 Å². The molecule has 2 heterocycles. The van der Waals surface area contributed by atoms with Crippen LogP contribution in [0.15, 0.2) is 35.2 Å². The molecule has 1 aromatic heterocycles. The molecule has 0 atom stereocenters. The molecule has 0 spiro atoms. The first kappa shape index (κ1) is 15.9. The van der Waals surface area contributed by atoms with Crippen molar-refractivity contribution in [3.05, 3.63) is 40.9 Å². The Labute approximate surface area is 138 Å². The van der Waals surface area contributed by atoms with Crippen LogP contribution in [0.1, 0.15) is 10.6 Å². The summed E-state index contributed by atoms with van der Waals surface area (Å²) < 4.78 is 31.3. The number of anilines is 1. The second-order valence-corrected chi connectivity index (χ2v) is 7.93. The maximum Gasteiger partial charge on any atom is 0.413 e. The van der Waals surface area contributed by atoms with Gasteiger partial charge < -0.3 is 4.74 Å². The van der Waals surface area contributed by atoms with Crippen LogP contribution in [0.4, 0.5) is 9.93 Å². The van der Waals surface area contributed by atoms with E-state index in [9.17, 15) is 13.2 Å². The number of nitrogens with one attached hydrogen (secondary N) is 1. The minimum atomic E-state index is -3.52. The highest BCUT2D eigenvalue weighted by Crippen LogP contribution is 2.31. The summed E-state index contributed by atoms with van der Waals surface area (Å²) in [5, 5.41) is 2.93. The minimum Gasteiger partial charge on any atom is -0.453 e. The van der Waals surface area contributed by atoms with Crippen molar-refractivity contribution in [2.75, 3.05) is 19.0 Å². The standard InChI is InChI=1S/C14H15N3O4S2/c1-21-14(18)16-13-15-11-7-8-17(9-12(11)22-13)23(19,20)10-5-3-2-4-6-10/h2-6H,7-9H2,1H3,(H,15,16,18). The van der Waals surface area contributed by atoms with Crippen LogP contribution in [0.5, 0.6) is 0 Å². The van der Waals surface area contributed by atoms with E-state index in [-0.39, 0.29) is 11.4 Å². The lowest BCUT2D eigenvalue weighted by molar-refractivity contribution is 0.187. The van der Waals surface area contributed by atoms with Crippen LogP contribution in [-0.2, 0) is 27.7 Å². The third-order valence-corrected chi connectivity index (χ3v) is 6.33. The summed E-state index contributed by atoms with van der Waals surface area (Å²) in [6, 6.07) is 8.35. The number of amides is 1. The lowest BCUT2D eigenvalue weighted by atomic mass is 10.2. The average Bonchev–Trinajstić information content (AvgIpc) is 2.96. The molecule has 0 unspecified atom stereocenters. The second-order valence-electron chi connectivity index (χ2n) is 4.91. The van der Waals surface area contributed by atoms with Gasteiger partial charge >= 0.3 is 6.09 Å². The van der Waals surface area contributed by atoms with Gasteiger partial charge in [-0.2, -0.15) is 4.31 Å². The molecule has 1 amide bonds. The van der Waals surface area contributed by atoms with Crippen molar-refractivity contribution in [1.29, 1.82) is 0 Å². The molecule has 0 fully saturated rings. The van der Waals surface area contributed by atoms with Gasteiger partial charge in [0.25, 0.3) is 0 Å². The summed E-state index contributed by atoms with van der Waals surface area (Å²) in [6.07, 6.45) is -0.0781. The Morgan fingerprint density at radius 3 is 2.78 bits per heavy atom. The minimum absolute atomic E-state index is 0.257. The molecule has 1 N–H and O–H groups in total. The first-order chi connectivity index (χ1) is 11.0. The zero-order valence-corrected chi connectivity index (χ0v) is 14.0. The molecule has 3 rings (SSSR count). The zero-order chi connectivity index (χ0) is 16.4. The van der Waals surface area contributed by atoms with Crippen LogP contribution in [0.3, 0.4) is 0 Å². The van der Waals surface area contributed by atoms with E-state index in [4.69, 9.17) is 0 Å². The molecule has 0 bridgehead atoms. The third kappa shape index (κ3) is 3.21. The number of hydrogen-bond donors (Lipinski definition) is 1. The van der Waals surface area contributed by atoms with Crippen molar-refractivity contribution in [2.24, 2.45) is 0 Å². The normalized spacial score (nSPS) is 15.0. The van der Waals surface area contributed by atoms with Crippen LogP contribution in [0.25, 0.3) is 0 Å². The van der Waals surface area contributed by atoms with Gasteiger partial charge in [0.2, 0.25) is 10.0 Å². The Morgan fingerprint density at radius 1 is 1.35 bits per heavy atom. The maximum atomic E-state index is 12.6. The largest absolute Gasteiger partial charge is 0.453 e. The van der Waals surface area contributed by atoms with Gasteiger partial charge in [-0.15, -0.1) is 0 Å². The van der Waals surface area contributed by atoms with Crippen molar-refractivity contribution in [2.45, 2.75) is 17.9 Å². The number of ether oxygens (including phenoxy) is 1. The number of methoxy groups -OCH3 is 1. The number of nitrogens with zero attached hydrogens (tertiary/aromatic N) is 2. The molecule has 0 radical (unpaired) electrons. The molecule has 1 aliphatic rings. The van der Waals surface area contributed by atoms with Crippen LogP contribution >= 0.6 is 11.3 Å². The predicted molar refractivity (Wildman–Crippen MR) is 85.9 cm³/mol. The summed E-state index contributed by atoms with van der Waals surface area (Å²) in [6.45, 7) is 0.624. The highest BCUT2D eigenvalue weighted by Gasteiger charge is 2.30. The van der Waals surface area contributed by atoms with Gasteiger partial charge in [-0.1, -0.05) is 29.5 Å². The van der Waals surface area contributed by atoms with E-state index in [0.29, 0.717) is 18.1 Å². The number of carbonyl (C=O) groups is 1. The Balaban J connectivity index is 1.82. The molecule has 1 aliphatic heterocycles. The first-order valence-electron chi connectivity index (χ1n) is 6.89. The van der Waals surface area contributed by atoms with E-state index in [2.05, 4.69) is 15.0 Å².